The van der Waals surface area contributed by atoms with Crippen LogP contribution in [0.1, 0.15) is 19.8 Å². The fourth-order valence-electron chi connectivity index (χ4n) is 1.67. The van der Waals surface area contributed by atoms with Crippen LogP contribution in [0.25, 0.3) is 0 Å². The Morgan fingerprint density at radius 3 is 2.42 bits per heavy atom. The van der Waals surface area contributed by atoms with E-state index in [-0.39, 0.29) is 10.8 Å². The van der Waals surface area contributed by atoms with Gasteiger partial charge in [0.2, 0.25) is 10.0 Å². The first-order valence-corrected chi connectivity index (χ1v) is 8.25. The molecule has 19 heavy (non-hydrogen) atoms. The van der Waals surface area contributed by atoms with Gasteiger partial charge in [0.25, 0.3) is 0 Å². The maximum Gasteiger partial charge on any atom is 0.240 e. The smallest absolute Gasteiger partial charge is 0.240 e. The SMILES string of the molecule is CCC(CCCl)CNS(=O)(=O)c1ccc(OC)cc1. The molecule has 1 atom stereocenters. The maximum absolute atomic E-state index is 12.1. The summed E-state index contributed by atoms with van der Waals surface area (Å²) in [6.45, 7) is 2.44. The van der Waals surface area contributed by atoms with Gasteiger partial charge in [-0.2, -0.15) is 0 Å². The minimum Gasteiger partial charge on any atom is -0.497 e. The summed E-state index contributed by atoms with van der Waals surface area (Å²) in [4.78, 5) is 0.244. The molecule has 0 bridgehead atoms. The number of halogens is 1. The molecule has 0 aromatic heterocycles. The minimum atomic E-state index is -3.46. The van der Waals surface area contributed by atoms with E-state index in [0.29, 0.717) is 18.2 Å². The third-order valence-electron chi connectivity index (χ3n) is 3.03. The molecule has 0 saturated heterocycles. The highest BCUT2D eigenvalue weighted by atomic mass is 35.5. The molecule has 1 aromatic rings. The fourth-order valence-corrected chi connectivity index (χ4v) is 3.10. The topological polar surface area (TPSA) is 55.4 Å². The van der Waals surface area contributed by atoms with Gasteiger partial charge in [-0.25, -0.2) is 13.1 Å². The largest absolute Gasteiger partial charge is 0.497 e. The van der Waals surface area contributed by atoms with Gasteiger partial charge in [0.05, 0.1) is 12.0 Å². The van der Waals surface area contributed by atoms with Gasteiger partial charge in [-0.05, 0) is 36.6 Å². The normalized spacial score (nSPS) is 13.2. The van der Waals surface area contributed by atoms with Crippen molar-refractivity contribution < 1.29 is 13.2 Å². The second-order valence-corrected chi connectivity index (χ2v) is 6.42. The molecule has 1 unspecified atom stereocenters. The van der Waals surface area contributed by atoms with E-state index in [2.05, 4.69) is 4.72 Å². The molecule has 1 aromatic carbocycles. The number of nitrogens with one attached hydrogen (secondary N) is 1. The Labute approximate surface area is 120 Å². The number of alkyl halides is 1. The summed E-state index contributed by atoms with van der Waals surface area (Å²) in [5.41, 5.74) is 0. The van der Waals surface area contributed by atoms with Crippen LogP contribution in [0.5, 0.6) is 5.75 Å². The Bertz CT molecular complexity index is 473. The van der Waals surface area contributed by atoms with Gasteiger partial charge < -0.3 is 4.74 Å². The molecule has 0 saturated carbocycles. The lowest BCUT2D eigenvalue weighted by molar-refractivity contribution is 0.414. The van der Waals surface area contributed by atoms with Gasteiger partial charge in [-0.1, -0.05) is 13.3 Å². The zero-order chi connectivity index (χ0) is 14.3. The summed E-state index contributed by atoms with van der Waals surface area (Å²) in [7, 11) is -1.92. The van der Waals surface area contributed by atoms with Crippen LogP contribution in [0.15, 0.2) is 29.2 Å². The van der Waals surface area contributed by atoms with Crippen molar-refractivity contribution in [3.05, 3.63) is 24.3 Å². The first-order chi connectivity index (χ1) is 9.03. The van der Waals surface area contributed by atoms with E-state index < -0.39 is 10.0 Å². The average molecular weight is 306 g/mol. The Hall–Kier alpha value is -0.780. The number of ether oxygens (including phenoxy) is 1. The molecule has 108 valence electrons. The highest BCUT2D eigenvalue weighted by Crippen LogP contribution is 2.16. The van der Waals surface area contributed by atoms with Crippen LogP contribution in [0.3, 0.4) is 0 Å². The van der Waals surface area contributed by atoms with E-state index >= 15 is 0 Å². The van der Waals surface area contributed by atoms with Gasteiger partial charge >= 0.3 is 0 Å². The molecule has 1 rings (SSSR count). The Morgan fingerprint density at radius 1 is 1.32 bits per heavy atom. The van der Waals surface area contributed by atoms with Crippen LogP contribution < -0.4 is 9.46 Å². The van der Waals surface area contributed by atoms with Crippen molar-refractivity contribution in [1.29, 1.82) is 0 Å². The molecule has 0 aliphatic carbocycles. The van der Waals surface area contributed by atoms with Crippen molar-refractivity contribution >= 4 is 21.6 Å². The first kappa shape index (κ1) is 16.3. The molecule has 0 aliphatic rings. The van der Waals surface area contributed by atoms with Gasteiger partial charge in [0, 0.05) is 12.4 Å². The van der Waals surface area contributed by atoms with Crippen molar-refractivity contribution in [3.8, 4) is 5.75 Å². The lowest BCUT2D eigenvalue weighted by Gasteiger charge is -2.14. The molecule has 4 nitrogen and oxygen atoms in total. The van der Waals surface area contributed by atoms with E-state index in [4.69, 9.17) is 16.3 Å². The van der Waals surface area contributed by atoms with Crippen LogP contribution in [0.4, 0.5) is 0 Å². The lowest BCUT2D eigenvalue weighted by Crippen LogP contribution is -2.29. The van der Waals surface area contributed by atoms with E-state index in [1.165, 1.54) is 12.1 Å². The van der Waals surface area contributed by atoms with Crippen LogP contribution in [-0.2, 0) is 10.0 Å². The minimum absolute atomic E-state index is 0.244. The number of hydrogen-bond acceptors (Lipinski definition) is 3. The lowest BCUT2D eigenvalue weighted by atomic mass is 10.0. The van der Waals surface area contributed by atoms with Crippen LogP contribution >= 0.6 is 11.6 Å². The quantitative estimate of drug-likeness (QED) is 0.751. The molecular formula is C13H20ClNO3S. The predicted molar refractivity (Wildman–Crippen MR) is 77.3 cm³/mol. The molecular weight excluding hydrogens is 286 g/mol. The summed E-state index contributed by atoms with van der Waals surface area (Å²) in [5.74, 6) is 1.45. The molecule has 0 heterocycles. The van der Waals surface area contributed by atoms with E-state index in [1.54, 1.807) is 19.2 Å². The standard InChI is InChI=1S/C13H20ClNO3S/c1-3-11(8-9-14)10-15-19(16,17)13-6-4-12(18-2)5-7-13/h4-7,11,15H,3,8-10H2,1-2H3. The summed E-state index contributed by atoms with van der Waals surface area (Å²) in [6, 6.07) is 6.32. The summed E-state index contributed by atoms with van der Waals surface area (Å²) < 4.78 is 31.8. The third kappa shape index (κ3) is 5.01. The van der Waals surface area contributed by atoms with Gasteiger partial charge in [0.1, 0.15) is 5.75 Å². The second-order valence-electron chi connectivity index (χ2n) is 4.28. The molecule has 0 spiro atoms. The zero-order valence-electron chi connectivity index (χ0n) is 11.2. The van der Waals surface area contributed by atoms with Crippen molar-refractivity contribution in [1.82, 2.24) is 4.72 Å². The number of sulfonamides is 1. The molecule has 0 radical (unpaired) electrons. The second kappa shape index (κ2) is 7.72. The van der Waals surface area contributed by atoms with Gasteiger partial charge in [-0.15, -0.1) is 11.6 Å². The summed E-state index contributed by atoms with van der Waals surface area (Å²) in [6.07, 6.45) is 1.71. The molecule has 1 N–H and O–H groups in total. The average Bonchev–Trinajstić information content (AvgIpc) is 2.43. The molecule has 0 aliphatic heterocycles. The summed E-state index contributed by atoms with van der Waals surface area (Å²) >= 11 is 5.68. The highest BCUT2D eigenvalue weighted by molar-refractivity contribution is 7.89. The summed E-state index contributed by atoms with van der Waals surface area (Å²) in [5, 5.41) is 0. The highest BCUT2D eigenvalue weighted by Gasteiger charge is 2.16. The van der Waals surface area contributed by atoms with E-state index in [0.717, 1.165) is 12.8 Å². The van der Waals surface area contributed by atoms with Gasteiger partial charge in [-0.3, -0.25) is 0 Å². The van der Waals surface area contributed by atoms with Crippen molar-refractivity contribution in [3.63, 3.8) is 0 Å². The van der Waals surface area contributed by atoms with E-state index in [1.807, 2.05) is 6.92 Å². The number of rotatable bonds is 8. The van der Waals surface area contributed by atoms with Gasteiger partial charge in [0.15, 0.2) is 0 Å². The first-order valence-electron chi connectivity index (χ1n) is 6.23. The Morgan fingerprint density at radius 2 is 1.95 bits per heavy atom. The van der Waals surface area contributed by atoms with Crippen molar-refractivity contribution in [2.24, 2.45) is 5.92 Å². The predicted octanol–water partition coefficient (Wildman–Crippen LogP) is 2.63. The molecule has 0 amide bonds. The Kier molecular flexibility index (Phi) is 6.62. The maximum atomic E-state index is 12.1. The van der Waals surface area contributed by atoms with Crippen molar-refractivity contribution in [2.75, 3.05) is 19.5 Å². The molecule has 6 heteroatoms. The number of hydrogen-bond donors (Lipinski definition) is 1. The monoisotopic (exact) mass is 305 g/mol. The Balaban J connectivity index is 2.69. The van der Waals surface area contributed by atoms with Crippen LogP contribution in [0.2, 0.25) is 0 Å². The third-order valence-corrected chi connectivity index (χ3v) is 4.68. The molecule has 0 fully saturated rings. The van der Waals surface area contributed by atoms with Crippen molar-refractivity contribution in [2.45, 2.75) is 24.7 Å². The van der Waals surface area contributed by atoms with E-state index in [9.17, 15) is 8.42 Å². The van der Waals surface area contributed by atoms with Crippen LogP contribution in [-0.4, -0.2) is 28.0 Å². The number of methoxy groups -OCH3 is 1. The number of benzene rings is 1. The zero-order valence-corrected chi connectivity index (χ0v) is 12.8. The van der Waals surface area contributed by atoms with Crippen LogP contribution in [0, 0.1) is 5.92 Å². The fraction of sp³-hybridized carbons (Fsp3) is 0.538.